The van der Waals surface area contributed by atoms with E-state index in [4.69, 9.17) is 4.42 Å². The molecule has 8 heteroatoms. The third kappa shape index (κ3) is 4.12. The van der Waals surface area contributed by atoms with Crippen LogP contribution in [0.1, 0.15) is 55.1 Å². The Morgan fingerprint density at radius 2 is 1.78 bits per heavy atom. The van der Waals surface area contributed by atoms with E-state index < -0.39 is 10.9 Å². The van der Waals surface area contributed by atoms with Crippen LogP contribution in [0.2, 0.25) is 0 Å². The Morgan fingerprint density at radius 1 is 1.12 bits per heavy atom. The van der Waals surface area contributed by atoms with Gasteiger partial charge in [0.15, 0.2) is 5.75 Å². The molecule has 32 heavy (non-hydrogen) atoms. The molecule has 0 bridgehead atoms. The Labute approximate surface area is 186 Å². The number of para-hydroxylation sites is 1. The maximum atomic E-state index is 12.4. The first kappa shape index (κ1) is 23.1. The molecule has 0 unspecified atom stereocenters. The van der Waals surface area contributed by atoms with Crippen LogP contribution in [0.25, 0.3) is 0 Å². The fourth-order valence-electron chi connectivity index (χ4n) is 3.45. The lowest BCUT2D eigenvalue weighted by Gasteiger charge is -2.34. The van der Waals surface area contributed by atoms with Gasteiger partial charge in [-0.05, 0) is 43.0 Å². The number of nitrogens with one attached hydrogen (secondary N) is 2. The van der Waals surface area contributed by atoms with Gasteiger partial charge >= 0.3 is 0 Å². The van der Waals surface area contributed by atoms with Gasteiger partial charge in [-0.25, -0.2) is 0 Å². The number of anilines is 3. The molecule has 1 aromatic heterocycles. The van der Waals surface area contributed by atoms with E-state index in [-0.39, 0.29) is 45.7 Å². The van der Waals surface area contributed by atoms with Gasteiger partial charge in [-0.15, -0.1) is 0 Å². The summed E-state index contributed by atoms with van der Waals surface area (Å²) in [5, 5.41) is 16.6. The standard InChI is InChI=1S/C24H29N3O5/c1-7-24(3,4)22(16-12-11-13(2)32-16)26-18-17(20(29)21(18)30)25-15-10-8-9-14(19(15)28)23(31)27(5)6/h8-12,22,25-26,28H,7H2,1-6H3/t22-/m0/s1. The highest BCUT2D eigenvalue weighted by Gasteiger charge is 2.35. The lowest BCUT2D eigenvalue weighted by Crippen LogP contribution is -2.39. The molecule has 3 aromatic rings. The van der Waals surface area contributed by atoms with Crippen molar-refractivity contribution < 1.29 is 14.3 Å². The largest absolute Gasteiger partial charge is 0.505 e. The molecular formula is C24H29N3O5. The van der Waals surface area contributed by atoms with Crippen molar-refractivity contribution in [3.8, 4) is 5.75 Å². The monoisotopic (exact) mass is 439 g/mol. The number of benzene rings is 1. The van der Waals surface area contributed by atoms with Gasteiger partial charge in [-0.2, -0.15) is 0 Å². The van der Waals surface area contributed by atoms with E-state index in [0.29, 0.717) is 5.76 Å². The molecular weight excluding hydrogens is 410 g/mol. The zero-order valence-corrected chi connectivity index (χ0v) is 19.2. The Bertz CT molecular complexity index is 1220. The molecule has 170 valence electrons. The summed E-state index contributed by atoms with van der Waals surface area (Å²) in [5.41, 5.74) is -1.22. The van der Waals surface area contributed by atoms with Gasteiger partial charge in [-0.1, -0.05) is 26.8 Å². The number of nitrogens with zero attached hydrogens (tertiary/aromatic N) is 1. The van der Waals surface area contributed by atoms with Crippen LogP contribution < -0.4 is 21.5 Å². The van der Waals surface area contributed by atoms with Crippen LogP contribution in [0.15, 0.2) is 44.3 Å². The van der Waals surface area contributed by atoms with E-state index in [1.807, 2.05) is 39.8 Å². The predicted molar refractivity (Wildman–Crippen MR) is 125 cm³/mol. The molecule has 1 amide bonds. The van der Waals surface area contributed by atoms with Gasteiger partial charge in [0.25, 0.3) is 16.8 Å². The topological polar surface area (TPSA) is 112 Å². The third-order valence-corrected chi connectivity index (χ3v) is 5.87. The second kappa shape index (κ2) is 8.53. The smallest absolute Gasteiger partial charge is 0.257 e. The van der Waals surface area contributed by atoms with E-state index in [9.17, 15) is 19.5 Å². The maximum Gasteiger partial charge on any atom is 0.257 e. The minimum Gasteiger partial charge on any atom is -0.505 e. The van der Waals surface area contributed by atoms with Gasteiger partial charge in [0.2, 0.25) is 0 Å². The second-order valence-corrected chi connectivity index (χ2v) is 8.80. The molecule has 8 nitrogen and oxygen atoms in total. The molecule has 3 N–H and O–H groups in total. The Morgan fingerprint density at radius 3 is 2.34 bits per heavy atom. The van der Waals surface area contributed by atoms with Gasteiger partial charge < -0.3 is 25.1 Å². The fraction of sp³-hybridized carbons (Fsp3) is 0.375. The van der Waals surface area contributed by atoms with E-state index in [1.54, 1.807) is 20.2 Å². The number of aryl methyl sites for hydroxylation is 1. The maximum absolute atomic E-state index is 12.4. The number of furan rings is 1. The van der Waals surface area contributed by atoms with Gasteiger partial charge in [-0.3, -0.25) is 14.4 Å². The van der Waals surface area contributed by atoms with Crippen molar-refractivity contribution in [3.63, 3.8) is 0 Å². The van der Waals surface area contributed by atoms with Crippen LogP contribution in [-0.2, 0) is 0 Å². The zero-order valence-electron chi connectivity index (χ0n) is 19.2. The number of phenolic OH excluding ortho intramolecular Hbond substituents is 1. The average Bonchev–Trinajstić information content (AvgIpc) is 3.18. The highest BCUT2D eigenvalue weighted by atomic mass is 16.3. The summed E-state index contributed by atoms with van der Waals surface area (Å²) in [6.45, 7) is 7.97. The lowest BCUT2D eigenvalue weighted by atomic mass is 9.80. The van der Waals surface area contributed by atoms with E-state index >= 15 is 0 Å². The lowest BCUT2D eigenvalue weighted by molar-refractivity contribution is 0.0824. The van der Waals surface area contributed by atoms with Crippen molar-refractivity contribution in [1.82, 2.24) is 4.90 Å². The van der Waals surface area contributed by atoms with E-state index in [0.717, 1.165) is 12.2 Å². The summed E-state index contributed by atoms with van der Waals surface area (Å²) in [4.78, 5) is 38.4. The number of rotatable bonds is 8. The predicted octanol–water partition coefficient (Wildman–Crippen LogP) is 3.92. The van der Waals surface area contributed by atoms with Crippen LogP contribution >= 0.6 is 0 Å². The van der Waals surface area contributed by atoms with Crippen molar-refractivity contribution >= 4 is 23.0 Å². The van der Waals surface area contributed by atoms with Gasteiger partial charge in [0.1, 0.15) is 22.9 Å². The van der Waals surface area contributed by atoms with Crippen molar-refractivity contribution in [1.29, 1.82) is 0 Å². The first-order chi connectivity index (χ1) is 15.0. The fourth-order valence-corrected chi connectivity index (χ4v) is 3.45. The Balaban J connectivity index is 1.97. The number of carbonyl (C=O) groups is 1. The highest BCUT2D eigenvalue weighted by molar-refractivity contribution is 5.99. The summed E-state index contributed by atoms with van der Waals surface area (Å²) in [6, 6.07) is 7.95. The summed E-state index contributed by atoms with van der Waals surface area (Å²) in [6.07, 6.45) is 0.790. The number of phenols is 1. The quantitative estimate of drug-likeness (QED) is 0.360. The first-order valence-electron chi connectivity index (χ1n) is 10.4. The van der Waals surface area contributed by atoms with Crippen molar-refractivity contribution in [2.45, 2.75) is 40.2 Å². The Kier molecular flexibility index (Phi) is 6.16. The molecule has 1 heterocycles. The average molecular weight is 440 g/mol. The molecule has 3 rings (SSSR count). The number of hydrogen-bond acceptors (Lipinski definition) is 7. The van der Waals surface area contributed by atoms with Crippen LogP contribution in [0.5, 0.6) is 5.75 Å². The van der Waals surface area contributed by atoms with Gasteiger partial charge in [0.05, 0.1) is 17.3 Å². The molecule has 0 fully saturated rings. The summed E-state index contributed by atoms with van der Waals surface area (Å²) < 4.78 is 5.82. The molecule has 0 aliphatic rings. The summed E-state index contributed by atoms with van der Waals surface area (Å²) in [5.74, 6) is 0.730. The zero-order chi connectivity index (χ0) is 23.8. The molecule has 0 saturated carbocycles. The van der Waals surface area contributed by atoms with E-state index in [1.165, 1.54) is 17.0 Å². The molecule has 0 aliphatic carbocycles. The van der Waals surface area contributed by atoms with Crippen LogP contribution in [0, 0.1) is 12.3 Å². The third-order valence-electron chi connectivity index (χ3n) is 5.87. The normalized spacial score (nSPS) is 12.6. The van der Waals surface area contributed by atoms with Crippen LogP contribution in [0.4, 0.5) is 17.1 Å². The van der Waals surface area contributed by atoms with Crippen molar-refractivity contribution in [3.05, 3.63) is 67.9 Å². The number of amides is 1. The van der Waals surface area contributed by atoms with Crippen molar-refractivity contribution in [2.24, 2.45) is 5.41 Å². The molecule has 0 aliphatic heterocycles. The van der Waals surface area contributed by atoms with Gasteiger partial charge in [0, 0.05) is 14.1 Å². The molecule has 0 saturated heterocycles. The SMILES string of the molecule is CCC(C)(C)[C@@H](Nc1c(Nc2cccc(C(=O)N(C)C)c2O)c(=O)c1=O)c1ccc(C)o1. The number of carbonyl (C=O) groups excluding carboxylic acids is 1. The van der Waals surface area contributed by atoms with Crippen LogP contribution in [0.3, 0.4) is 0 Å². The Hall–Kier alpha value is -3.55. The molecule has 1 atom stereocenters. The molecule has 0 radical (unpaired) electrons. The minimum absolute atomic E-state index is 0.0416. The summed E-state index contributed by atoms with van der Waals surface area (Å²) >= 11 is 0. The molecule has 2 aromatic carbocycles. The number of aromatic hydroxyl groups is 1. The van der Waals surface area contributed by atoms with Crippen LogP contribution in [-0.4, -0.2) is 30.0 Å². The number of hydrogen-bond donors (Lipinski definition) is 3. The highest BCUT2D eigenvalue weighted by Crippen LogP contribution is 2.41. The molecule has 0 spiro atoms. The van der Waals surface area contributed by atoms with E-state index in [2.05, 4.69) is 10.6 Å². The first-order valence-corrected chi connectivity index (χ1v) is 10.4. The minimum atomic E-state index is -0.695. The second-order valence-electron chi connectivity index (χ2n) is 8.80. The van der Waals surface area contributed by atoms with Crippen molar-refractivity contribution in [2.75, 3.05) is 24.7 Å². The summed E-state index contributed by atoms with van der Waals surface area (Å²) in [7, 11) is 3.15.